The predicted molar refractivity (Wildman–Crippen MR) is 108 cm³/mol. The van der Waals surface area contributed by atoms with Crippen LogP contribution in [0.5, 0.6) is 5.75 Å². The van der Waals surface area contributed by atoms with E-state index in [4.69, 9.17) is 14.5 Å². The normalized spacial score (nSPS) is 11.3. The summed E-state index contributed by atoms with van der Waals surface area (Å²) in [6, 6.07) is 12.7. The van der Waals surface area contributed by atoms with Crippen LogP contribution in [0, 0.1) is 0 Å². The Kier molecular flexibility index (Phi) is 5.43. The molecule has 26 heavy (non-hydrogen) atoms. The van der Waals surface area contributed by atoms with Gasteiger partial charge in [-0.25, -0.2) is 4.98 Å². The van der Waals surface area contributed by atoms with Gasteiger partial charge in [0.2, 0.25) is 0 Å². The third-order valence-electron chi connectivity index (χ3n) is 4.64. The summed E-state index contributed by atoms with van der Waals surface area (Å²) in [7, 11) is 3.40. The van der Waals surface area contributed by atoms with Crippen molar-refractivity contribution in [3.8, 4) is 17.1 Å². The van der Waals surface area contributed by atoms with E-state index in [0.717, 1.165) is 33.7 Å². The molecular formula is C22H26N2O2. The number of nitrogens with zero attached hydrogens (tertiary/aromatic N) is 2. The molecule has 0 spiro atoms. The van der Waals surface area contributed by atoms with E-state index >= 15 is 0 Å². The Labute approximate surface area is 155 Å². The van der Waals surface area contributed by atoms with Crippen LogP contribution in [-0.2, 0) is 11.3 Å². The molecule has 0 aliphatic carbocycles. The molecule has 136 valence electrons. The number of methoxy groups -OCH3 is 2. The van der Waals surface area contributed by atoms with Crippen LogP contribution in [0.1, 0.15) is 30.9 Å². The Morgan fingerprint density at radius 1 is 1.15 bits per heavy atom. The van der Waals surface area contributed by atoms with E-state index in [1.54, 1.807) is 14.2 Å². The van der Waals surface area contributed by atoms with Crippen LogP contribution in [0.2, 0.25) is 0 Å². The maximum absolute atomic E-state index is 5.64. The van der Waals surface area contributed by atoms with Crippen LogP contribution < -0.4 is 4.74 Å². The highest BCUT2D eigenvalue weighted by Crippen LogP contribution is 2.33. The van der Waals surface area contributed by atoms with Crippen molar-refractivity contribution in [2.45, 2.75) is 26.3 Å². The second-order valence-electron chi connectivity index (χ2n) is 6.65. The summed E-state index contributed by atoms with van der Waals surface area (Å²) in [5.74, 6) is 2.23. The molecule has 4 heteroatoms. The fourth-order valence-electron chi connectivity index (χ4n) is 3.16. The van der Waals surface area contributed by atoms with Gasteiger partial charge in [-0.05, 0) is 29.2 Å². The van der Waals surface area contributed by atoms with Gasteiger partial charge in [-0.2, -0.15) is 0 Å². The summed E-state index contributed by atoms with van der Waals surface area (Å²) in [5, 5.41) is 0. The molecule has 0 fully saturated rings. The summed E-state index contributed by atoms with van der Waals surface area (Å²) in [4.78, 5) is 4.91. The maximum Gasteiger partial charge on any atom is 0.145 e. The van der Waals surface area contributed by atoms with E-state index < -0.39 is 0 Å². The van der Waals surface area contributed by atoms with Crippen LogP contribution in [-0.4, -0.2) is 30.4 Å². The first-order chi connectivity index (χ1) is 12.6. The van der Waals surface area contributed by atoms with E-state index in [0.29, 0.717) is 19.1 Å². The van der Waals surface area contributed by atoms with Crippen molar-refractivity contribution in [2.24, 2.45) is 0 Å². The van der Waals surface area contributed by atoms with Gasteiger partial charge >= 0.3 is 0 Å². The monoisotopic (exact) mass is 350 g/mol. The van der Waals surface area contributed by atoms with Gasteiger partial charge in [0.25, 0.3) is 0 Å². The number of hydrogen-bond acceptors (Lipinski definition) is 3. The van der Waals surface area contributed by atoms with E-state index in [1.165, 1.54) is 5.56 Å². The molecular weight excluding hydrogens is 324 g/mol. The molecule has 4 nitrogen and oxygen atoms in total. The van der Waals surface area contributed by atoms with Crippen LogP contribution in [0.3, 0.4) is 0 Å². The first-order valence-electron chi connectivity index (χ1n) is 8.89. The highest BCUT2D eigenvalue weighted by atomic mass is 16.5. The number of aromatic nitrogens is 2. The Morgan fingerprint density at radius 2 is 1.88 bits per heavy atom. The Morgan fingerprint density at radius 3 is 2.46 bits per heavy atom. The highest BCUT2D eigenvalue weighted by molar-refractivity contribution is 5.88. The average Bonchev–Trinajstić information content (AvgIpc) is 3.03. The molecule has 0 atom stereocenters. The lowest BCUT2D eigenvalue weighted by Gasteiger charge is -2.12. The molecule has 0 aliphatic heterocycles. The minimum atomic E-state index is 0.506. The smallest absolute Gasteiger partial charge is 0.145 e. The molecule has 0 N–H and O–H groups in total. The van der Waals surface area contributed by atoms with Crippen molar-refractivity contribution >= 4 is 17.1 Å². The second kappa shape index (κ2) is 7.75. The topological polar surface area (TPSA) is 36.3 Å². The maximum atomic E-state index is 5.64. The predicted octanol–water partition coefficient (Wildman–Crippen LogP) is 5.12. The minimum Gasteiger partial charge on any atom is -0.494 e. The lowest BCUT2D eigenvalue weighted by atomic mass is 10.0. The molecule has 2 aromatic carbocycles. The van der Waals surface area contributed by atoms with Crippen molar-refractivity contribution in [1.29, 1.82) is 0 Å². The summed E-state index contributed by atoms with van der Waals surface area (Å²) in [5.41, 5.74) is 5.28. The van der Waals surface area contributed by atoms with Crippen LogP contribution >= 0.6 is 0 Å². The molecule has 1 aromatic heterocycles. The van der Waals surface area contributed by atoms with Crippen molar-refractivity contribution in [1.82, 2.24) is 9.55 Å². The van der Waals surface area contributed by atoms with Crippen molar-refractivity contribution in [3.05, 3.63) is 54.1 Å². The van der Waals surface area contributed by atoms with Gasteiger partial charge < -0.3 is 14.0 Å². The van der Waals surface area contributed by atoms with Gasteiger partial charge in [-0.1, -0.05) is 50.8 Å². The zero-order chi connectivity index (χ0) is 18.7. The minimum absolute atomic E-state index is 0.506. The van der Waals surface area contributed by atoms with Crippen molar-refractivity contribution in [3.63, 3.8) is 0 Å². The molecule has 0 bridgehead atoms. The summed E-state index contributed by atoms with van der Waals surface area (Å²) in [6.07, 6.45) is 1.81. The molecule has 3 rings (SSSR count). The molecule has 0 amide bonds. The van der Waals surface area contributed by atoms with Crippen LogP contribution in [0.15, 0.2) is 43.0 Å². The highest BCUT2D eigenvalue weighted by Gasteiger charge is 2.17. The molecule has 0 saturated heterocycles. The zero-order valence-corrected chi connectivity index (χ0v) is 16.0. The van der Waals surface area contributed by atoms with Gasteiger partial charge in [0.15, 0.2) is 0 Å². The standard InChI is InChI=1S/C22H26N2O2/c1-6-16-13-19-21(20(14-16)26-5)24(11-12-25-4)22(23-19)18-9-7-17(8-10-18)15(2)3/h6-10,13-15H,1,11-12H2,2-5H3. The SMILES string of the molecule is C=Cc1cc(OC)c2c(c1)nc(-c1ccc(C(C)C)cc1)n2CCOC. The zero-order valence-electron chi connectivity index (χ0n) is 16.0. The molecule has 1 heterocycles. The quantitative estimate of drug-likeness (QED) is 0.593. The second-order valence-corrected chi connectivity index (χ2v) is 6.65. The van der Waals surface area contributed by atoms with E-state index in [-0.39, 0.29) is 0 Å². The van der Waals surface area contributed by atoms with Crippen molar-refractivity contribution in [2.75, 3.05) is 20.8 Å². The average molecular weight is 350 g/mol. The molecule has 3 aromatic rings. The van der Waals surface area contributed by atoms with Crippen LogP contribution in [0.25, 0.3) is 28.5 Å². The Balaban J connectivity index is 2.21. The van der Waals surface area contributed by atoms with Gasteiger partial charge in [0.1, 0.15) is 17.1 Å². The number of rotatable bonds is 7. The van der Waals surface area contributed by atoms with E-state index in [9.17, 15) is 0 Å². The van der Waals surface area contributed by atoms with Gasteiger partial charge in [0.05, 0.1) is 19.2 Å². The van der Waals surface area contributed by atoms with E-state index in [2.05, 4.69) is 49.3 Å². The van der Waals surface area contributed by atoms with Crippen LogP contribution in [0.4, 0.5) is 0 Å². The van der Waals surface area contributed by atoms with Gasteiger partial charge in [-0.3, -0.25) is 0 Å². The largest absolute Gasteiger partial charge is 0.494 e. The number of fused-ring (bicyclic) bond motifs is 1. The fraction of sp³-hybridized carbons (Fsp3) is 0.318. The molecule has 0 aliphatic rings. The summed E-state index contributed by atoms with van der Waals surface area (Å²) in [6.45, 7) is 9.58. The van der Waals surface area contributed by atoms with Gasteiger partial charge in [0, 0.05) is 19.2 Å². The third-order valence-corrected chi connectivity index (χ3v) is 4.64. The lowest BCUT2D eigenvalue weighted by Crippen LogP contribution is -2.07. The molecule has 0 radical (unpaired) electrons. The number of ether oxygens (including phenoxy) is 2. The first-order valence-corrected chi connectivity index (χ1v) is 8.89. The number of imidazole rings is 1. The Hall–Kier alpha value is -2.59. The van der Waals surface area contributed by atoms with Gasteiger partial charge in [-0.15, -0.1) is 0 Å². The lowest BCUT2D eigenvalue weighted by molar-refractivity contribution is 0.188. The first kappa shape index (κ1) is 18.2. The summed E-state index contributed by atoms with van der Waals surface area (Å²) < 4.78 is 13.1. The molecule has 0 unspecified atom stereocenters. The number of benzene rings is 2. The fourth-order valence-corrected chi connectivity index (χ4v) is 3.16. The number of hydrogen-bond donors (Lipinski definition) is 0. The third kappa shape index (κ3) is 3.37. The Bertz CT molecular complexity index is 908. The van der Waals surface area contributed by atoms with E-state index in [1.807, 2.05) is 18.2 Å². The van der Waals surface area contributed by atoms with Crippen molar-refractivity contribution < 1.29 is 9.47 Å². The molecule has 0 saturated carbocycles. The summed E-state index contributed by atoms with van der Waals surface area (Å²) >= 11 is 0.